The first-order valence-corrected chi connectivity index (χ1v) is 5.12. The lowest BCUT2D eigenvalue weighted by Crippen LogP contribution is -1.94. The molecule has 0 fully saturated rings. The van der Waals surface area contributed by atoms with Gasteiger partial charge in [0.15, 0.2) is 9.76 Å². The van der Waals surface area contributed by atoms with Crippen molar-refractivity contribution in [3.8, 4) is 0 Å². The lowest BCUT2D eigenvalue weighted by Gasteiger charge is -1.97. The van der Waals surface area contributed by atoms with Crippen LogP contribution in [0, 0.1) is 6.92 Å². The van der Waals surface area contributed by atoms with Gasteiger partial charge in [0, 0.05) is 0 Å². The summed E-state index contributed by atoms with van der Waals surface area (Å²) in [5, 5.41) is 0. The molecule has 0 amide bonds. The van der Waals surface area contributed by atoms with E-state index < -0.39 is 9.76 Å². The molecule has 1 N–H and O–H groups in total. The molecule has 1 aromatic carbocycles. The second-order valence-corrected chi connectivity index (χ2v) is 3.41. The highest BCUT2D eigenvalue weighted by Gasteiger charge is 1.90. The van der Waals surface area contributed by atoms with E-state index in [-0.39, 0.29) is 0 Å². The van der Waals surface area contributed by atoms with Crippen LogP contribution < -0.4 is 0 Å². The molecule has 0 atom stereocenters. The van der Waals surface area contributed by atoms with E-state index in [2.05, 4.69) is 25.1 Å². The number of hydrogen-bond donors (Lipinski definition) is 1. The molecule has 2 heteroatoms. The highest BCUT2D eigenvalue weighted by atomic mass is 28.2. The van der Waals surface area contributed by atoms with Crippen molar-refractivity contribution >= 4 is 9.76 Å². The lowest BCUT2D eigenvalue weighted by molar-refractivity contribution is 0.600. The second kappa shape index (κ2) is 3.54. The summed E-state index contributed by atoms with van der Waals surface area (Å²) < 4.78 is 0. The average Bonchev–Trinajstić information content (AvgIpc) is 1.88. The van der Waals surface area contributed by atoms with E-state index in [0.717, 1.165) is 6.04 Å². The molecule has 0 aliphatic rings. The van der Waals surface area contributed by atoms with Crippen molar-refractivity contribution in [1.29, 1.82) is 0 Å². The van der Waals surface area contributed by atoms with Crippen LogP contribution in [0.3, 0.4) is 0 Å². The van der Waals surface area contributed by atoms with Gasteiger partial charge in [-0.2, -0.15) is 0 Å². The van der Waals surface area contributed by atoms with Crippen LogP contribution in [0.2, 0.25) is 0 Å². The molecule has 1 rings (SSSR count). The fourth-order valence-electron chi connectivity index (χ4n) is 0.997. The zero-order valence-corrected chi connectivity index (χ0v) is 7.59. The zero-order valence-electron chi connectivity index (χ0n) is 6.17. The maximum Gasteiger partial charge on any atom is 0.161 e. The van der Waals surface area contributed by atoms with Gasteiger partial charge in [0.2, 0.25) is 0 Å². The SMILES string of the molecule is Cc1cccc(C[SiH2]O)c1. The first kappa shape index (κ1) is 7.50. The molecule has 0 saturated carbocycles. The summed E-state index contributed by atoms with van der Waals surface area (Å²) in [5.41, 5.74) is 2.55. The van der Waals surface area contributed by atoms with Crippen LogP contribution in [-0.4, -0.2) is 14.6 Å². The van der Waals surface area contributed by atoms with Crippen molar-refractivity contribution in [1.82, 2.24) is 0 Å². The van der Waals surface area contributed by atoms with Crippen LogP contribution in [0.25, 0.3) is 0 Å². The Balaban J connectivity index is 2.75. The summed E-state index contributed by atoms with van der Waals surface area (Å²) in [7, 11) is -0.800. The van der Waals surface area contributed by atoms with Crippen LogP contribution in [0.1, 0.15) is 11.1 Å². The van der Waals surface area contributed by atoms with Crippen molar-refractivity contribution in [2.24, 2.45) is 0 Å². The molecule has 0 spiro atoms. The molecule has 0 saturated heterocycles. The van der Waals surface area contributed by atoms with Crippen molar-refractivity contribution in [3.63, 3.8) is 0 Å². The summed E-state index contributed by atoms with van der Waals surface area (Å²) >= 11 is 0. The van der Waals surface area contributed by atoms with Gasteiger partial charge in [0.1, 0.15) is 0 Å². The fraction of sp³-hybridized carbons (Fsp3) is 0.250. The third-order valence-corrected chi connectivity index (χ3v) is 2.28. The average molecular weight is 152 g/mol. The highest BCUT2D eigenvalue weighted by molar-refractivity contribution is 6.24. The highest BCUT2D eigenvalue weighted by Crippen LogP contribution is 2.02. The number of benzene rings is 1. The molecule has 0 aliphatic heterocycles. The minimum Gasteiger partial charge on any atom is -0.438 e. The van der Waals surface area contributed by atoms with Crippen LogP contribution in [0.4, 0.5) is 0 Å². The Morgan fingerprint density at radius 2 is 2.30 bits per heavy atom. The van der Waals surface area contributed by atoms with Gasteiger partial charge in [-0.05, 0) is 18.5 Å². The minimum absolute atomic E-state index is 0.800. The van der Waals surface area contributed by atoms with Gasteiger partial charge < -0.3 is 4.80 Å². The molecule has 0 heterocycles. The van der Waals surface area contributed by atoms with E-state index in [4.69, 9.17) is 4.80 Å². The third-order valence-electron chi connectivity index (χ3n) is 1.48. The van der Waals surface area contributed by atoms with E-state index >= 15 is 0 Å². The molecular weight excluding hydrogens is 140 g/mol. The third kappa shape index (κ3) is 1.97. The predicted octanol–water partition coefficient (Wildman–Crippen LogP) is 0.571. The Bertz CT molecular complexity index is 210. The van der Waals surface area contributed by atoms with Crippen molar-refractivity contribution in [2.45, 2.75) is 13.0 Å². The summed E-state index contributed by atoms with van der Waals surface area (Å²) in [4.78, 5) is 8.75. The van der Waals surface area contributed by atoms with Crippen molar-refractivity contribution in [3.05, 3.63) is 35.4 Å². The van der Waals surface area contributed by atoms with Crippen LogP contribution in [0.5, 0.6) is 0 Å². The van der Waals surface area contributed by atoms with Crippen molar-refractivity contribution < 1.29 is 4.80 Å². The molecule has 1 nitrogen and oxygen atoms in total. The van der Waals surface area contributed by atoms with Gasteiger partial charge in [-0.25, -0.2) is 0 Å². The first-order chi connectivity index (χ1) is 4.83. The molecule has 0 aliphatic carbocycles. The zero-order chi connectivity index (χ0) is 7.40. The van der Waals surface area contributed by atoms with Crippen LogP contribution >= 0.6 is 0 Å². The Hall–Kier alpha value is -0.603. The summed E-state index contributed by atoms with van der Waals surface area (Å²) in [5.74, 6) is 0. The number of hydrogen-bond acceptors (Lipinski definition) is 1. The topological polar surface area (TPSA) is 20.2 Å². The Kier molecular flexibility index (Phi) is 2.65. The smallest absolute Gasteiger partial charge is 0.161 e. The van der Waals surface area contributed by atoms with Gasteiger partial charge in [-0.3, -0.25) is 0 Å². The maximum atomic E-state index is 8.75. The quantitative estimate of drug-likeness (QED) is 0.614. The normalized spacial score (nSPS) is 11.0. The first-order valence-electron chi connectivity index (χ1n) is 3.49. The molecule has 0 unspecified atom stereocenters. The van der Waals surface area contributed by atoms with Gasteiger partial charge in [-0.15, -0.1) is 0 Å². The molecule has 0 aromatic heterocycles. The van der Waals surface area contributed by atoms with E-state index in [0.29, 0.717) is 0 Å². The Morgan fingerprint density at radius 3 is 2.90 bits per heavy atom. The van der Waals surface area contributed by atoms with Gasteiger partial charge in [-0.1, -0.05) is 29.8 Å². The molecule has 0 bridgehead atoms. The number of rotatable bonds is 2. The molecule has 54 valence electrons. The van der Waals surface area contributed by atoms with Crippen molar-refractivity contribution in [2.75, 3.05) is 0 Å². The standard InChI is InChI=1S/C8H12OSi/c1-7-3-2-4-8(5-7)6-10-9/h2-5,9H,6,10H2,1H3. The summed E-state index contributed by atoms with van der Waals surface area (Å²) in [6.45, 7) is 2.07. The van der Waals surface area contributed by atoms with Gasteiger partial charge in [0.25, 0.3) is 0 Å². The van der Waals surface area contributed by atoms with Crippen LogP contribution in [-0.2, 0) is 6.04 Å². The van der Waals surface area contributed by atoms with E-state index in [1.54, 1.807) is 0 Å². The predicted molar refractivity (Wildman–Crippen MR) is 45.6 cm³/mol. The fourth-order valence-corrected chi connectivity index (χ4v) is 1.57. The minimum atomic E-state index is -0.800. The van der Waals surface area contributed by atoms with E-state index in [9.17, 15) is 0 Å². The Labute approximate surface area is 63.7 Å². The summed E-state index contributed by atoms with van der Waals surface area (Å²) in [6.07, 6.45) is 0. The van der Waals surface area contributed by atoms with E-state index in [1.807, 2.05) is 6.07 Å². The summed E-state index contributed by atoms with van der Waals surface area (Å²) in [6, 6.07) is 9.21. The molecule has 0 radical (unpaired) electrons. The maximum absolute atomic E-state index is 8.75. The lowest BCUT2D eigenvalue weighted by atomic mass is 10.2. The van der Waals surface area contributed by atoms with E-state index in [1.165, 1.54) is 11.1 Å². The second-order valence-electron chi connectivity index (χ2n) is 2.46. The molecule has 10 heavy (non-hydrogen) atoms. The monoisotopic (exact) mass is 152 g/mol. The molecular formula is C8H12OSi. The number of aryl methyl sites for hydroxylation is 1. The largest absolute Gasteiger partial charge is 0.438 e. The molecule has 1 aromatic rings. The van der Waals surface area contributed by atoms with Gasteiger partial charge >= 0.3 is 0 Å². The Morgan fingerprint density at radius 1 is 1.50 bits per heavy atom. The van der Waals surface area contributed by atoms with Crippen LogP contribution in [0.15, 0.2) is 24.3 Å². The van der Waals surface area contributed by atoms with Gasteiger partial charge in [0.05, 0.1) is 0 Å².